The van der Waals surface area contributed by atoms with Crippen molar-refractivity contribution in [3.63, 3.8) is 0 Å². The second kappa shape index (κ2) is 6.11. The Bertz CT molecular complexity index is 490. The molecule has 0 aliphatic heterocycles. The third-order valence-corrected chi connectivity index (χ3v) is 2.97. The van der Waals surface area contributed by atoms with Gasteiger partial charge in [0.05, 0.1) is 17.9 Å². The van der Waals surface area contributed by atoms with Gasteiger partial charge in [0.15, 0.2) is 0 Å². The molecule has 0 aromatic carbocycles. The zero-order chi connectivity index (χ0) is 13.0. The van der Waals surface area contributed by atoms with Crippen LogP contribution in [0.25, 0.3) is 0 Å². The van der Waals surface area contributed by atoms with Crippen LogP contribution >= 0.6 is 15.9 Å². The van der Waals surface area contributed by atoms with Gasteiger partial charge < -0.3 is 5.32 Å². The molecule has 0 amide bonds. The van der Waals surface area contributed by atoms with Gasteiger partial charge in [-0.15, -0.1) is 0 Å². The van der Waals surface area contributed by atoms with Crippen LogP contribution in [0.5, 0.6) is 0 Å². The molecule has 96 valence electrons. The van der Waals surface area contributed by atoms with Gasteiger partial charge in [0, 0.05) is 29.5 Å². The largest absolute Gasteiger partial charge is 0.309 e. The lowest BCUT2D eigenvalue weighted by atomic mass is 10.3. The number of pyridine rings is 1. The van der Waals surface area contributed by atoms with Crippen LogP contribution in [0.3, 0.4) is 0 Å². The van der Waals surface area contributed by atoms with Crippen LogP contribution in [0.1, 0.15) is 25.2 Å². The van der Waals surface area contributed by atoms with E-state index >= 15 is 0 Å². The van der Waals surface area contributed by atoms with E-state index in [4.69, 9.17) is 0 Å². The Morgan fingerprint density at radius 2 is 2.11 bits per heavy atom. The smallest absolute Gasteiger partial charge is 0.0831 e. The average molecular weight is 309 g/mol. The average Bonchev–Trinajstić information content (AvgIpc) is 2.77. The Kier molecular flexibility index (Phi) is 4.49. The highest BCUT2D eigenvalue weighted by atomic mass is 79.9. The van der Waals surface area contributed by atoms with Gasteiger partial charge in [-0.1, -0.05) is 13.8 Å². The molecule has 0 fully saturated rings. The van der Waals surface area contributed by atoms with Crippen LogP contribution in [-0.2, 0) is 13.1 Å². The van der Waals surface area contributed by atoms with Crippen molar-refractivity contribution in [1.29, 1.82) is 0 Å². The third-order valence-electron chi connectivity index (χ3n) is 2.50. The SMILES string of the molecule is CC(C)NCc1ccn(Cc2ccc(Br)cn2)n1. The van der Waals surface area contributed by atoms with Crippen molar-refractivity contribution in [3.8, 4) is 0 Å². The van der Waals surface area contributed by atoms with Crippen molar-refractivity contribution < 1.29 is 0 Å². The predicted octanol–water partition coefficient (Wildman–Crippen LogP) is 2.59. The van der Waals surface area contributed by atoms with Gasteiger partial charge in [-0.2, -0.15) is 5.10 Å². The normalized spacial score (nSPS) is 11.1. The molecular weight excluding hydrogens is 292 g/mol. The molecule has 0 spiro atoms. The van der Waals surface area contributed by atoms with Crippen LogP contribution in [0.4, 0.5) is 0 Å². The minimum atomic E-state index is 0.475. The maximum absolute atomic E-state index is 4.50. The summed E-state index contributed by atoms with van der Waals surface area (Å²) in [4.78, 5) is 4.33. The second-order valence-corrected chi connectivity index (χ2v) is 5.42. The summed E-state index contributed by atoms with van der Waals surface area (Å²) in [6.07, 6.45) is 3.79. The highest BCUT2D eigenvalue weighted by Gasteiger charge is 2.01. The molecule has 5 heteroatoms. The van der Waals surface area contributed by atoms with E-state index < -0.39 is 0 Å². The summed E-state index contributed by atoms with van der Waals surface area (Å²) in [5.74, 6) is 0. The van der Waals surface area contributed by atoms with Gasteiger partial charge in [0.1, 0.15) is 0 Å². The van der Waals surface area contributed by atoms with Gasteiger partial charge in [-0.3, -0.25) is 9.67 Å². The monoisotopic (exact) mass is 308 g/mol. The first-order valence-corrected chi connectivity index (χ1v) is 6.79. The number of hydrogen-bond donors (Lipinski definition) is 1. The lowest BCUT2D eigenvalue weighted by Crippen LogP contribution is -2.22. The maximum Gasteiger partial charge on any atom is 0.0831 e. The van der Waals surface area contributed by atoms with Crippen LogP contribution in [0, 0.1) is 0 Å². The molecule has 0 saturated carbocycles. The molecule has 0 unspecified atom stereocenters. The Hall–Kier alpha value is -1.20. The summed E-state index contributed by atoms with van der Waals surface area (Å²) >= 11 is 3.38. The molecule has 4 nitrogen and oxygen atoms in total. The molecule has 18 heavy (non-hydrogen) atoms. The van der Waals surface area contributed by atoms with Gasteiger partial charge in [0.2, 0.25) is 0 Å². The molecule has 0 atom stereocenters. The number of halogens is 1. The van der Waals surface area contributed by atoms with E-state index in [9.17, 15) is 0 Å². The lowest BCUT2D eigenvalue weighted by molar-refractivity contribution is 0.569. The molecule has 1 N–H and O–H groups in total. The number of nitrogens with zero attached hydrogens (tertiary/aromatic N) is 3. The molecule has 0 aliphatic rings. The molecule has 0 bridgehead atoms. The minimum absolute atomic E-state index is 0.475. The Balaban J connectivity index is 1.95. The predicted molar refractivity (Wildman–Crippen MR) is 75.2 cm³/mol. The minimum Gasteiger partial charge on any atom is -0.309 e. The first-order valence-electron chi connectivity index (χ1n) is 5.99. The van der Waals surface area contributed by atoms with Crippen LogP contribution in [0.2, 0.25) is 0 Å². The van der Waals surface area contributed by atoms with E-state index in [0.29, 0.717) is 12.6 Å². The molecule has 0 radical (unpaired) electrons. The molecule has 2 aromatic rings. The summed E-state index contributed by atoms with van der Waals surface area (Å²) < 4.78 is 2.90. The lowest BCUT2D eigenvalue weighted by Gasteiger charge is -2.05. The van der Waals surface area contributed by atoms with Gasteiger partial charge in [0.25, 0.3) is 0 Å². The van der Waals surface area contributed by atoms with Crippen LogP contribution < -0.4 is 5.32 Å². The Labute approximate surface area is 116 Å². The molecule has 0 aliphatic carbocycles. The van der Waals surface area contributed by atoms with Crippen LogP contribution in [0.15, 0.2) is 35.1 Å². The van der Waals surface area contributed by atoms with E-state index in [0.717, 1.165) is 22.4 Å². The van der Waals surface area contributed by atoms with Gasteiger partial charge in [-0.25, -0.2) is 0 Å². The summed E-state index contributed by atoms with van der Waals surface area (Å²) in [6.45, 7) is 5.76. The highest BCUT2D eigenvalue weighted by molar-refractivity contribution is 9.10. The fourth-order valence-electron chi connectivity index (χ4n) is 1.56. The molecule has 2 rings (SSSR count). The number of hydrogen-bond acceptors (Lipinski definition) is 3. The van der Waals surface area contributed by atoms with E-state index in [1.165, 1.54) is 0 Å². The van der Waals surface area contributed by atoms with Crippen molar-refractivity contribution in [2.45, 2.75) is 33.0 Å². The van der Waals surface area contributed by atoms with E-state index in [-0.39, 0.29) is 0 Å². The summed E-state index contributed by atoms with van der Waals surface area (Å²) in [6, 6.07) is 6.50. The fourth-order valence-corrected chi connectivity index (χ4v) is 1.80. The number of nitrogens with one attached hydrogen (secondary N) is 1. The summed E-state index contributed by atoms with van der Waals surface area (Å²) in [5, 5.41) is 7.85. The van der Waals surface area contributed by atoms with Crippen LogP contribution in [-0.4, -0.2) is 20.8 Å². The second-order valence-electron chi connectivity index (χ2n) is 4.51. The zero-order valence-electron chi connectivity index (χ0n) is 10.6. The van der Waals surface area contributed by atoms with E-state index in [1.807, 2.05) is 29.1 Å². The summed E-state index contributed by atoms with van der Waals surface area (Å²) in [7, 11) is 0. The van der Waals surface area contributed by atoms with Crippen molar-refractivity contribution in [1.82, 2.24) is 20.1 Å². The van der Waals surface area contributed by atoms with Gasteiger partial charge in [-0.05, 0) is 34.1 Å². The first kappa shape index (κ1) is 13.2. The quantitative estimate of drug-likeness (QED) is 0.923. The fraction of sp³-hybridized carbons (Fsp3) is 0.385. The highest BCUT2D eigenvalue weighted by Crippen LogP contribution is 2.08. The molecule has 2 heterocycles. The number of aromatic nitrogens is 3. The first-order chi connectivity index (χ1) is 8.63. The van der Waals surface area contributed by atoms with E-state index in [2.05, 4.69) is 45.2 Å². The van der Waals surface area contributed by atoms with E-state index in [1.54, 1.807) is 6.20 Å². The molecule has 0 saturated heterocycles. The number of rotatable bonds is 5. The van der Waals surface area contributed by atoms with Gasteiger partial charge >= 0.3 is 0 Å². The van der Waals surface area contributed by atoms with Crippen molar-refractivity contribution >= 4 is 15.9 Å². The molecule has 2 aromatic heterocycles. The summed E-state index contributed by atoms with van der Waals surface area (Å²) in [5.41, 5.74) is 2.06. The Morgan fingerprint density at radius 1 is 1.28 bits per heavy atom. The third kappa shape index (κ3) is 3.92. The molecular formula is C13H17BrN4. The van der Waals surface area contributed by atoms with Crippen molar-refractivity contribution in [2.24, 2.45) is 0 Å². The Morgan fingerprint density at radius 3 is 2.78 bits per heavy atom. The standard InChI is InChI=1S/C13H17BrN4/c1-10(2)15-8-12-5-6-18(17-12)9-13-4-3-11(14)7-16-13/h3-7,10,15H,8-9H2,1-2H3. The topological polar surface area (TPSA) is 42.7 Å². The zero-order valence-corrected chi connectivity index (χ0v) is 12.2. The van der Waals surface area contributed by atoms with Crippen molar-refractivity contribution in [3.05, 3.63) is 46.5 Å². The maximum atomic E-state index is 4.50. The van der Waals surface area contributed by atoms with Crippen molar-refractivity contribution in [2.75, 3.05) is 0 Å².